The molecule has 0 amide bonds. The highest BCUT2D eigenvalue weighted by molar-refractivity contribution is 6.22. The van der Waals surface area contributed by atoms with Crippen molar-refractivity contribution in [2.75, 3.05) is 0 Å². The highest BCUT2D eigenvalue weighted by atomic mass is 35.5. The summed E-state index contributed by atoms with van der Waals surface area (Å²) in [4.78, 5) is 3.15. The van der Waals surface area contributed by atoms with Crippen molar-refractivity contribution < 1.29 is 0 Å². The van der Waals surface area contributed by atoms with Crippen LogP contribution in [0.2, 0.25) is 0 Å². The summed E-state index contributed by atoms with van der Waals surface area (Å²) in [5.41, 5.74) is 2.19. The summed E-state index contributed by atoms with van der Waals surface area (Å²) in [7, 11) is 0. The van der Waals surface area contributed by atoms with E-state index in [9.17, 15) is 0 Å². The Labute approximate surface area is 87.1 Å². The van der Waals surface area contributed by atoms with Gasteiger partial charge in [0.1, 0.15) is 5.38 Å². The number of halogens is 1. The Kier molecular flexibility index (Phi) is 2.43. The molecule has 0 spiro atoms. The molecule has 2 aromatic rings. The lowest BCUT2D eigenvalue weighted by Crippen LogP contribution is -1.98. The van der Waals surface area contributed by atoms with Crippen LogP contribution in [0.5, 0.6) is 0 Å². The van der Waals surface area contributed by atoms with Crippen LogP contribution in [0.1, 0.15) is 5.56 Å². The third kappa shape index (κ3) is 1.59. The Morgan fingerprint density at radius 3 is 3.00 bits per heavy atom. The first-order chi connectivity index (χ1) is 6.81. The first-order valence-corrected chi connectivity index (χ1v) is 4.83. The van der Waals surface area contributed by atoms with Gasteiger partial charge in [0.05, 0.1) is 6.07 Å². The predicted octanol–water partition coefficient (Wildman–Crippen LogP) is 2.84. The summed E-state index contributed by atoms with van der Waals surface area (Å²) in [5.74, 6) is 0. The highest BCUT2D eigenvalue weighted by Gasteiger charge is 2.08. The third-order valence-electron chi connectivity index (χ3n) is 2.21. The zero-order valence-corrected chi connectivity index (χ0v) is 8.25. The number of nitrogens with one attached hydrogen (secondary N) is 1. The second kappa shape index (κ2) is 3.73. The zero-order valence-electron chi connectivity index (χ0n) is 7.50. The Morgan fingerprint density at radius 2 is 2.21 bits per heavy atom. The molecule has 1 atom stereocenters. The van der Waals surface area contributed by atoms with Crippen molar-refractivity contribution in [3.63, 3.8) is 0 Å². The van der Waals surface area contributed by atoms with Crippen molar-refractivity contribution >= 4 is 22.5 Å². The number of hydrogen-bond donors (Lipinski definition) is 1. The topological polar surface area (TPSA) is 39.6 Å². The summed E-state index contributed by atoms with van der Waals surface area (Å²) < 4.78 is 0. The fourth-order valence-corrected chi connectivity index (χ4v) is 1.71. The molecule has 0 aliphatic heterocycles. The van der Waals surface area contributed by atoms with Gasteiger partial charge in [0.15, 0.2) is 0 Å². The van der Waals surface area contributed by atoms with E-state index < -0.39 is 5.38 Å². The highest BCUT2D eigenvalue weighted by Crippen LogP contribution is 2.19. The van der Waals surface area contributed by atoms with Gasteiger partial charge in [0.2, 0.25) is 0 Å². The zero-order chi connectivity index (χ0) is 9.97. The van der Waals surface area contributed by atoms with E-state index in [1.54, 1.807) is 0 Å². The molecular formula is C11H9ClN2. The van der Waals surface area contributed by atoms with Gasteiger partial charge >= 0.3 is 0 Å². The fraction of sp³-hybridized carbons (Fsp3) is 0.182. The van der Waals surface area contributed by atoms with Crippen molar-refractivity contribution in [3.8, 4) is 6.07 Å². The number of nitrogens with zero attached hydrogens (tertiary/aromatic N) is 1. The van der Waals surface area contributed by atoms with Crippen LogP contribution >= 0.6 is 11.6 Å². The number of fused-ring (bicyclic) bond motifs is 1. The summed E-state index contributed by atoms with van der Waals surface area (Å²) >= 11 is 5.78. The second-order valence-electron chi connectivity index (χ2n) is 3.16. The average molecular weight is 205 g/mol. The number of para-hydroxylation sites is 1. The van der Waals surface area contributed by atoms with Crippen molar-refractivity contribution in [1.82, 2.24) is 4.98 Å². The number of alkyl halides is 1. The van der Waals surface area contributed by atoms with Crippen molar-refractivity contribution in [2.24, 2.45) is 0 Å². The lowest BCUT2D eigenvalue weighted by molar-refractivity contribution is 1.03. The lowest BCUT2D eigenvalue weighted by Gasteiger charge is -1.98. The van der Waals surface area contributed by atoms with Crippen LogP contribution in [0, 0.1) is 11.3 Å². The first kappa shape index (κ1) is 9.11. The van der Waals surface area contributed by atoms with Crippen LogP contribution in [-0.2, 0) is 6.42 Å². The van der Waals surface area contributed by atoms with Gasteiger partial charge in [-0.1, -0.05) is 18.2 Å². The number of aromatic amines is 1. The number of nitriles is 1. The molecular weight excluding hydrogens is 196 g/mol. The van der Waals surface area contributed by atoms with Crippen LogP contribution < -0.4 is 0 Å². The minimum absolute atomic E-state index is 0.450. The van der Waals surface area contributed by atoms with E-state index >= 15 is 0 Å². The summed E-state index contributed by atoms with van der Waals surface area (Å²) in [6, 6.07) is 10.0. The molecule has 0 aliphatic carbocycles. The molecule has 70 valence electrons. The quantitative estimate of drug-likeness (QED) is 0.751. The molecule has 1 aromatic carbocycles. The molecule has 3 heteroatoms. The van der Waals surface area contributed by atoms with Crippen molar-refractivity contribution in [1.29, 1.82) is 5.26 Å². The minimum Gasteiger partial charge on any atom is -0.361 e. The molecule has 1 unspecified atom stereocenters. The van der Waals surface area contributed by atoms with Gasteiger partial charge < -0.3 is 4.98 Å². The van der Waals surface area contributed by atoms with Gasteiger partial charge in [0.25, 0.3) is 0 Å². The standard InChI is InChI=1S/C11H9ClN2/c12-9(6-13)5-8-7-14-11-4-2-1-3-10(8)11/h1-4,7,9,14H,5H2. The molecule has 0 radical (unpaired) electrons. The normalized spacial score (nSPS) is 12.6. The van der Waals surface area contributed by atoms with Crippen LogP contribution in [-0.4, -0.2) is 10.4 Å². The number of aromatic nitrogens is 1. The Balaban J connectivity index is 2.39. The average Bonchev–Trinajstić information content (AvgIpc) is 2.62. The number of hydrogen-bond acceptors (Lipinski definition) is 1. The predicted molar refractivity (Wildman–Crippen MR) is 57.3 cm³/mol. The molecule has 0 aliphatic rings. The molecule has 1 heterocycles. The Hall–Kier alpha value is -1.46. The molecule has 2 nitrogen and oxygen atoms in total. The van der Waals surface area contributed by atoms with Gasteiger partial charge in [-0.2, -0.15) is 5.26 Å². The van der Waals surface area contributed by atoms with Gasteiger partial charge in [-0.15, -0.1) is 11.6 Å². The maximum Gasteiger partial charge on any atom is 0.124 e. The van der Waals surface area contributed by atoms with Crippen LogP contribution in [0.25, 0.3) is 10.9 Å². The van der Waals surface area contributed by atoms with E-state index in [2.05, 4.69) is 4.98 Å². The number of H-pyrrole nitrogens is 1. The molecule has 1 aromatic heterocycles. The van der Waals surface area contributed by atoms with Gasteiger partial charge in [-0.3, -0.25) is 0 Å². The van der Waals surface area contributed by atoms with E-state index in [0.717, 1.165) is 16.5 Å². The second-order valence-corrected chi connectivity index (χ2v) is 3.69. The molecule has 0 saturated heterocycles. The Morgan fingerprint density at radius 1 is 1.43 bits per heavy atom. The van der Waals surface area contributed by atoms with Crippen LogP contribution in [0.3, 0.4) is 0 Å². The minimum atomic E-state index is -0.450. The van der Waals surface area contributed by atoms with E-state index in [4.69, 9.17) is 16.9 Å². The number of rotatable bonds is 2. The van der Waals surface area contributed by atoms with Crippen molar-refractivity contribution in [3.05, 3.63) is 36.0 Å². The fourth-order valence-electron chi connectivity index (χ4n) is 1.54. The number of benzene rings is 1. The maximum absolute atomic E-state index is 8.61. The van der Waals surface area contributed by atoms with Crippen LogP contribution in [0.4, 0.5) is 0 Å². The van der Waals surface area contributed by atoms with Gasteiger partial charge in [-0.25, -0.2) is 0 Å². The molecule has 0 saturated carbocycles. The smallest absolute Gasteiger partial charge is 0.124 e. The molecule has 2 rings (SSSR count). The largest absolute Gasteiger partial charge is 0.361 e. The SMILES string of the molecule is N#CC(Cl)Cc1c[nH]c2ccccc12. The molecule has 1 N–H and O–H groups in total. The maximum atomic E-state index is 8.61. The van der Waals surface area contributed by atoms with Gasteiger partial charge in [0, 0.05) is 23.5 Å². The summed E-state index contributed by atoms with van der Waals surface area (Å²) in [6.45, 7) is 0. The van der Waals surface area contributed by atoms with E-state index in [1.165, 1.54) is 0 Å². The van der Waals surface area contributed by atoms with E-state index in [1.807, 2.05) is 36.5 Å². The Bertz CT molecular complexity index is 481. The van der Waals surface area contributed by atoms with E-state index in [-0.39, 0.29) is 0 Å². The first-order valence-electron chi connectivity index (χ1n) is 4.40. The summed E-state index contributed by atoms with van der Waals surface area (Å²) in [5, 5.41) is 9.31. The van der Waals surface area contributed by atoms with Crippen molar-refractivity contribution in [2.45, 2.75) is 11.8 Å². The third-order valence-corrected chi connectivity index (χ3v) is 2.47. The van der Waals surface area contributed by atoms with Gasteiger partial charge in [-0.05, 0) is 11.6 Å². The lowest BCUT2D eigenvalue weighted by atomic mass is 10.1. The molecule has 0 bridgehead atoms. The monoisotopic (exact) mass is 204 g/mol. The molecule has 0 fully saturated rings. The van der Waals surface area contributed by atoms with E-state index in [0.29, 0.717) is 6.42 Å². The molecule has 14 heavy (non-hydrogen) atoms. The summed E-state index contributed by atoms with van der Waals surface area (Å²) in [6.07, 6.45) is 2.50. The van der Waals surface area contributed by atoms with Crippen LogP contribution in [0.15, 0.2) is 30.5 Å².